The van der Waals surface area contributed by atoms with Crippen molar-refractivity contribution >= 4 is 0 Å². The second-order valence-corrected chi connectivity index (χ2v) is 6.91. The Balaban J connectivity index is 1.83. The van der Waals surface area contributed by atoms with Gasteiger partial charge < -0.3 is 5.32 Å². The van der Waals surface area contributed by atoms with Crippen LogP contribution in [0.1, 0.15) is 40.0 Å². The minimum absolute atomic E-state index is 0.572. The van der Waals surface area contributed by atoms with Gasteiger partial charge in [0.15, 0.2) is 0 Å². The highest BCUT2D eigenvalue weighted by Gasteiger charge is 2.62. The standard InChI is InChI=1S/C14H26N2/c1-13(2)11-4-5-14(13,3)12(10-11)16-8-6-15-7-9-16/h11-12,15H,4-10H2,1-3H3. The highest BCUT2D eigenvalue weighted by Crippen LogP contribution is 2.66. The molecular weight excluding hydrogens is 196 g/mol. The fourth-order valence-electron chi connectivity index (χ4n) is 4.71. The van der Waals surface area contributed by atoms with Gasteiger partial charge in [-0.2, -0.15) is 0 Å². The van der Waals surface area contributed by atoms with Crippen molar-refractivity contribution in [2.75, 3.05) is 26.2 Å². The molecule has 0 spiro atoms. The highest BCUT2D eigenvalue weighted by atomic mass is 15.2. The van der Waals surface area contributed by atoms with E-state index in [0.29, 0.717) is 10.8 Å². The number of rotatable bonds is 1. The monoisotopic (exact) mass is 222 g/mol. The van der Waals surface area contributed by atoms with Gasteiger partial charge in [-0.05, 0) is 36.0 Å². The van der Waals surface area contributed by atoms with E-state index < -0.39 is 0 Å². The van der Waals surface area contributed by atoms with Crippen molar-refractivity contribution in [1.29, 1.82) is 0 Å². The quantitative estimate of drug-likeness (QED) is 0.731. The smallest absolute Gasteiger partial charge is 0.0158 e. The molecule has 1 heterocycles. The van der Waals surface area contributed by atoms with E-state index in [2.05, 4.69) is 31.0 Å². The number of hydrogen-bond acceptors (Lipinski definition) is 2. The lowest BCUT2D eigenvalue weighted by Crippen LogP contribution is -2.54. The van der Waals surface area contributed by atoms with Crippen LogP contribution in [-0.4, -0.2) is 37.1 Å². The summed E-state index contributed by atoms with van der Waals surface area (Å²) in [7, 11) is 0. The minimum Gasteiger partial charge on any atom is -0.314 e. The molecule has 0 aromatic carbocycles. The maximum Gasteiger partial charge on any atom is 0.0158 e. The Morgan fingerprint density at radius 3 is 2.31 bits per heavy atom. The van der Waals surface area contributed by atoms with E-state index in [0.717, 1.165) is 12.0 Å². The zero-order chi connectivity index (χ0) is 11.4. The topological polar surface area (TPSA) is 15.3 Å². The van der Waals surface area contributed by atoms with Gasteiger partial charge in [-0.3, -0.25) is 4.90 Å². The molecule has 3 unspecified atom stereocenters. The molecule has 1 aliphatic heterocycles. The van der Waals surface area contributed by atoms with E-state index in [1.54, 1.807) is 0 Å². The summed E-state index contributed by atoms with van der Waals surface area (Å²) in [6.45, 7) is 12.5. The van der Waals surface area contributed by atoms with Gasteiger partial charge in [-0.25, -0.2) is 0 Å². The molecule has 2 saturated carbocycles. The Kier molecular flexibility index (Phi) is 2.38. The summed E-state index contributed by atoms with van der Waals surface area (Å²) in [4.78, 5) is 2.78. The first kappa shape index (κ1) is 11.0. The van der Waals surface area contributed by atoms with E-state index in [-0.39, 0.29) is 0 Å². The van der Waals surface area contributed by atoms with Crippen LogP contribution >= 0.6 is 0 Å². The van der Waals surface area contributed by atoms with E-state index in [1.165, 1.54) is 45.4 Å². The first-order valence-corrected chi connectivity index (χ1v) is 7.00. The highest BCUT2D eigenvalue weighted by molar-refractivity contribution is 5.13. The summed E-state index contributed by atoms with van der Waals surface area (Å²) in [5.41, 5.74) is 1.15. The molecule has 2 aliphatic carbocycles. The summed E-state index contributed by atoms with van der Waals surface area (Å²) in [6, 6.07) is 0.864. The summed E-state index contributed by atoms with van der Waals surface area (Å²) >= 11 is 0. The van der Waals surface area contributed by atoms with Crippen LogP contribution in [0, 0.1) is 16.7 Å². The third-order valence-electron chi connectivity index (χ3n) is 6.34. The van der Waals surface area contributed by atoms with Gasteiger partial charge in [0.2, 0.25) is 0 Å². The second-order valence-electron chi connectivity index (χ2n) is 6.91. The largest absolute Gasteiger partial charge is 0.314 e. The van der Waals surface area contributed by atoms with Gasteiger partial charge in [-0.1, -0.05) is 20.8 Å². The molecule has 0 radical (unpaired) electrons. The lowest BCUT2D eigenvalue weighted by Gasteiger charge is -2.46. The number of nitrogens with zero attached hydrogens (tertiary/aromatic N) is 1. The molecule has 16 heavy (non-hydrogen) atoms. The zero-order valence-electron chi connectivity index (χ0n) is 11.1. The Bertz CT molecular complexity index is 280. The minimum atomic E-state index is 0.572. The van der Waals surface area contributed by atoms with E-state index in [1.807, 2.05) is 0 Å². The van der Waals surface area contributed by atoms with Crippen molar-refractivity contribution in [3.63, 3.8) is 0 Å². The molecule has 92 valence electrons. The number of nitrogens with one attached hydrogen (secondary N) is 1. The Hall–Kier alpha value is -0.0800. The maximum absolute atomic E-state index is 3.47. The molecule has 1 N–H and O–H groups in total. The number of fused-ring (bicyclic) bond motifs is 2. The van der Waals surface area contributed by atoms with Crippen LogP contribution in [0.3, 0.4) is 0 Å². The van der Waals surface area contributed by atoms with Crippen LogP contribution in [-0.2, 0) is 0 Å². The molecule has 0 aromatic heterocycles. The molecule has 3 aliphatic rings. The molecule has 3 atom stereocenters. The predicted octanol–water partition coefficient (Wildman–Crippen LogP) is 2.11. The molecular formula is C14H26N2. The van der Waals surface area contributed by atoms with Crippen LogP contribution in [0.2, 0.25) is 0 Å². The summed E-state index contributed by atoms with van der Waals surface area (Å²) in [6.07, 6.45) is 4.40. The fraction of sp³-hybridized carbons (Fsp3) is 1.00. The third-order valence-corrected chi connectivity index (χ3v) is 6.34. The lowest BCUT2D eigenvalue weighted by atomic mass is 9.68. The van der Waals surface area contributed by atoms with Crippen LogP contribution < -0.4 is 5.32 Å². The van der Waals surface area contributed by atoms with Gasteiger partial charge in [0.25, 0.3) is 0 Å². The maximum atomic E-state index is 3.47. The third kappa shape index (κ3) is 1.26. The Morgan fingerprint density at radius 2 is 1.81 bits per heavy atom. The fourth-order valence-corrected chi connectivity index (χ4v) is 4.71. The summed E-state index contributed by atoms with van der Waals surface area (Å²) in [5.74, 6) is 0.984. The first-order valence-electron chi connectivity index (χ1n) is 7.00. The van der Waals surface area contributed by atoms with Crippen LogP contribution in [0.25, 0.3) is 0 Å². The van der Waals surface area contributed by atoms with Crippen LogP contribution in [0.4, 0.5) is 0 Å². The molecule has 2 heteroatoms. The van der Waals surface area contributed by atoms with Crippen molar-refractivity contribution in [2.45, 2.75) is 46.1 Å². The van der Waals surface area contributed by atoms with E-state index >= 15 is 0 Å². The first-order chi connectivity index (χ1) is 7.56. The average Bonchev–Trinajstić information content (AvgIpc) is 2.62. The van der Waals surface area contributed by atoms with Crippen molar-refractivity contribution in [3.8, 4) is 0 Å². The molecule has 3 rings (SSSR count). The molecule has 0 amide bonds. The normalized spacial score (nSPS) is 47.4. The molecule has 3 fully saturated rings. The van der Waals surface area contributed by atoms with Gasteiger partial charge in [0.05, 0.1) is 0 Å². The SMILES string of the molecule is CC1(C)C2CCC1(C)C(N1CCNCC1)C2. The van der Waals surface area contributed by atoms with E-state index in [4.69, 9.17) is 0 Å². The summed E-state index contributed by atoms with van der Waals surface area (Å²) < 4.78 is 0. The van der Waals surface area contributed by atoms with Gasteiger partial charge >= 0.3 is 0 Å². The van der Waals surface area contributed by atoms with Crippen molar-refractivity contribution < 1.29 is 0 Å². The van der Waals surface area contributed by atoms with Crippen LogP contribution in [0.5, 0.6) is 0 Å². The summed E-state index contributed by atoms with van der Waals surface area (Å²) in [5, 5.41) is 3.47. The number of hydrogen-bond donors (Lipinski definition) is 1. The Morgan fingerprint density at radius 1 is 1.12 bits per heavy atom. The number of piperazine rings is 1. The lowest BCUT2D eigenvalue weighted by molar-refractivity contribution is 0.0363. The Labute approximate surface area is 99.8 Å². The van der Waals surface area contributed by atoms with Crippen molar-refractivity contribution in [2.24, 2.45) is 16.7 Å². The molecule has 0 aromatic rings. The zero-order valence-corrected chi connectivity index (χ0v) is 11.1. The molecule has 2 bridgehead atoms. The van der Waals surface area contributed by atoms with Gasteiger partial charge in [0, 0.05) is 32.2 Å². The van der Waals surface area contributed by atoms with Crippen molar-refractivity contribution in [3.05, 3.63) is 0 Å². The van der Waals surface area contributed by atoms with Crippen molar-refractivity contribution in [1.82, 2.24) is 10.2 Å². The second kappa shape index (κ2) is 3.46. The predicted molar refractivity (Wildman–Crippen MR) is 67.5 cm³/mol. The van der Waals surface area contributed by atoms with Gasteiger partial charge in [0.1, 0.15) is 0 Å². The van der Waals surface area contributed by atoms with Crippen LogP contribution in [0.15, 0.2) is 0 Å². The average molecular weight is 222 g/mol. The van der Waals surface area contributed by atoms with Gasteiger partial charge in [-0.15, -0.1) is 0 Å². The van der Waals surface area contributed by atoms with E-state index in [9.17, 15) is 0 Å². The molecule has 1 saturated heterocycles. The molecule has 2 nitrogen and oxygen atoms in total.